The highest BCUT2D eigenvalue weighted by molar-refractivity contribution is 9.10. The Labute approximate surface area is 165 Å². The molecule has 7 heteroatoms. The number of ketones is 1. The van der Waals surface area contributed by atoms with E-state index in [0.29, 0.717) is 22.7 Å². The van der Waals surface area contributed by atoms with E-state index in [1.165, 1.54) is 4.90 Å². The molecule has 0 saturated carbocycles. The first-order valence-corrected chi connectivity index (χ1v) is 9.27. The lowest BCUT2D eigenvalue weighted by Crippen LogP contribution is -2.35. The van der Waals surface area contributed by atoms with Crippen LogP contribution in [0.4, 0.5) is 11.4 Å². The molecule has 0 radical (unpaired) electrons. The number of fused-ring (bicyclic) bond motifs is 1. The number of halogens is 1. The molecule has 0 spiro atoms. The second-order valence-electron chi connectivity index (χ2n) is 6.36. The number of carbonyl (C=O) groups excluding carboxylic acids is 3. The maximum atomic E-state index is 12.4. The summed E-state index contributed by atoms with van der Waals surface area (Å²) in [5, 5.41) is 2.79. The number of benzene rings is 2. The number of amides is 2. The van der Waals surface area contributed by atoms with Crippen molar-refractivity contribution < 1.29 is 19.1 Å². The second kappa shape index (κ2) is 7.92. The van der Waals surface area contributed by atoms with Crippen molar-refractivity contribution in [1.29, 1.82) is 0 Å². The first-order chi connectivity index (χ1) is 12.8. The van der Waals surface area contributed by atoms with E-state index in [-0.39, 0.29) is 37.0 Å². The van der Waals surface area contributed by atoms with Crippen molar-refractivity contribution in [2.24, 2.45) is 0 Å². The topological polar surface area (TPSA) is 75.7 Å². The Balaban J connectivity index is 1.61. The fraction of sp³-hybridized carbons (Fsp3) is 0.250. The van der Waals surface area contributed by atoms with Crippen LogP contribution in [0.25, 0.3) is 0 Å². The van der Waals surface area contributed by atoms with E-state index < -0.39 is 0 Å². The molecule has 2 amide bonds. The van der Waals surface area contributed by atoms with Crippen LogP contribution < -0.4 is 15.0 Å². The van der Waals surface area contributed by atoms with E-state index in [2.05, 4.69) is 21.2 Å². The fourth-order valence-electron chi connectivity index (χ4n) is 2.71. The van der Waals surface area contributed by atoms with Gasteiger partial charge >= 0.3 is 0 Å². The fourth-order valence-corrected chi connectivity index (χ4v) is 3.09. The first kappa shape index (κ1) is 19.1. The summed E-state index contributed by atoms with van der Waals surface area (Å²) in [4.78, 5) is 37.8. The van der Waals surface area contributed by atoms with Crippen molar-refractivity contribution >= 4 is 44.9 Å². The van der Waals surface area contributed by atoms with E-state index >= 15 is 0 Å². The van der Waals surface area contributed by atoms with Crippen LogP contribution in [0.2, 0.25) is 0 Å². The maximum Gasteiger partial charge on any atom is 0.264 e. The highest BCUT2D eigenvalue weighted by Crippen LogP contribution is 2.32. The van der Waals surface area contributed by atoms with Gasteiger partial charge in [0.05, 0.1) is 5.69 Å². The highest BCUT2D eigenvalue weighted by Gasteiger charge is 2.23. The zero-order valence-electron chi connectivity index (χ0n) is 15.0. The number of ether oxygens (including phenoxy) is 1. The lowest BCUT2D eigenvalue weighted by atomic mass is 10.0. The number of nitrogens with one attached hydrogen (secondary N) is 1. The predicted octanol–water partition coefficient (Wildman–Crippen LogP) is 3.71. The molecule has 0 bridgehead atoms. The van der Waals surface area contributed by atoms with Crippen LogP contribution in [0.1, 0.15) is 28.8 Å². The molecule has 6 nitrogen and oxygen atoms in total. The van der Waals surface area contributed by atoms with Crippen molar-refractivity contribution in [3.8, 4) is 5.75 Å². The number of aryl methyl sites for hydroxylation is 1. The molecule has 2 aromatic carbocycles. The smallest absolute Gasteiger partial charge is 0.264 e. The molecular formula is C20H19BrN2O4. The molecule has 0 atom stereocenters. The molecule has 1 N–H and O–H groups in total. The van der Waals surface area contributed by atoms with Gasteiger partial charge in [0.2, 0.25) is 5.91 Å². The van der Waals surface area contributed by atoms with Crippen molar-refractivity contribution in [2.45, 2.75) is 19.8 Å². The van der Waals surface area contributed by atoms with Gasteiger partial charge in [-0.25, -0.2) is 0 Å². The molecule has 27 heavy (non-hydrogen) atoms. The summed E-state index contributed by atoms with van der Waals surface area (Å²) < 4.78 is 6.26. The molecule has 3 rings (SSSR count). The van der Waals surface area contributed by atoms with E-state index in [0.717, 1.165) is 10.0 Å². The minimum Gasteiger partial charge on any atom is -0.482 e. The van der Waals surface area contributed by atoms with E-state index in [9.17, 15) is 14.4 Å². The Hall–Kier alpha value is -2.67. The van der Waals surface area contributed by atoms with Gasteiger partial charge in [-0.3, -0.25) is 14.4 Å². The molecule has 0 aliphatic carbocycles. The first-order valence-electron chi connectivity index (χ1n) is 8.48. The van der Waals surface area contributed by atoms with Gasteiger partial charge in [0.1, 0.15) is 5.75 Å². The molecule has 0 fully saturated rings. The highest BCUT2D eigenvalue weighted by atomic mass is 79.9. The van der Waals surface area contributed by atoms with Gasteiger partial charge in [0.25, 0.3) is 5.91 Å². The van der Waals surface area contributed by atoms with E-state index in [4.69, 9.17) is 4.74 Å². The van der Waals surface area contributed by atoms with E-state index in [1.807, 2.05) is 25.1 Å². The lowest BCUT2D eigenvalue weighted by molar-refractivity contribution is -0.121. The minimum absolute atomic E-state index is 0.00785. The summed E-state index contributed by atoms with van der Waals surface area (Å²) in [5.74, 6) is 0.00391. The monoisotopic (exact) mass is 430 g/mol. The molecule has 1 aliphatic rings. The number of likely N-dealkylation sites (N-methyl/N-ethyl adjacent to an activating group) is 1. The van der Waals surface area contributed by atoms with Crippen LogP contribution in [0.5, 0.6) is 5.75 Å². The van der Waals surface area contributed by atoms with Crippen LogP contribution in [-0.4, -0.2) is 31.3 Å². The maximum absolute atomic E-state index is 12.4. The Kier molecular flexibility index (Phi) is 5.60. The molecule has 1 aliphatic heterocycles. The molecule has 0 aromatic heterocycles. The lowest BCUT2D eigenvalue weighted by Gasteiger charge is -2.26. The summed E-state index contributed by atoms with van der Waals surface area (Å²) in [6, 6.07) is 10.5. The van der Waals surface area contributed by atoms with Crippen LogP contribution in [0.15, 0.2) is 40.9 Å². The van der Waals surface area contributed by atoms with Crippen LogP contribution in [0, 0.1) is 6.92 Å². The van der Waals surface area contributed by atoms with Gasteiger partial charge in [0, 0.05) is 35.6 Å². The number of Topliss-reactive ketones (excluding diaryl/α,β-unsaturated/α-hetero) is 1. The van der Waals surface area contributed by atoms with Crippen molar-refractivity contribution in [2.75, 3.05) is 23.9 Å². The minimum atomic E-state index is -0.229. The quantitative estimate of drug-likeness (QED) is 0.733. The van der Waals surface area contributed by atoms with Gasteiger partial charge < -0.3 is 15.0 Å². The average Bonchev–Trinajstić information content (AvgIpc) is 2.65. The number of rotatable bonds is 5. The van der Waals surface area contributed by atoms with Crippen molar-refractivity contribution in [1.82, 2.24) is 0 Å². The predicted molar refractivity (Wildman–Crippen MR) is 106 cm³/mol. The molecule has 0 unspecified atom stereocenters. The van der Waals surface area contributed by atoms with E-state index in [1.54, 1.807) is 25.2 Å². The van der Waals surface area contributed by atoms with Crippen molar-refractivity contribution in [3.63, 3.8) is 0 Å². The Morgan fingerprint density at radius 2 is 1.96 bits per heavy atom. The SMILES string of the molecule is Cc1ccc(NC(=O)CCC(=O)c2ccc3c(c2)N(C)C(=O)CO3)cc1Br. The van der Waals surface area contributed by atoms with Gasteiger partial charge in [-0.05, 0) is 42.8 Å². The van der Waals surface area contributed by atoms with Gasteiger partial charge in [-0.2, -0.15) is 0 Å². The van der Waals surface area contributed by atoms with Gasteiger partial charge in [-0.15, -0.1) is 0 Å². The third-order valence-corrected chi connectivity index (χ3v) is 5.26. The standard InChI is InChI=1S/C20H19BrN2O4/c1-12-3-5-14(10-15(12)21)22-19(25)8-6-17(24)13-4-7-18-16(9-13)23(2)20(26)11-27-18/h3-5,7,9-10H,6,8,11H2,1-2H3,(H,22,25). The summed E-state index contributed by atoms with van der Waals surface area (Å²) in [6.07, 6.45) is 0.156. The van der Waals surface area contributed by atoms with Gasteiger partial charge in [0.15, 0.2) is 12.4 Å². The molecule has 2 aromatic rings. The number of anilines is 2. The van der Waals surface area contributed by atoms with Crippen LogP contribution >= 0.6 is 15.9 Å². The average molecular weight is 431 g/mol. The largest absolute Gasteiger partial charge is 0.482 e. The number of hydrogen-bond donors (Lipinski definition) is 1. The molecule has 1 heterocycles. The summed E-state index contributed by atoms with van der Waals surface area (Å²) >= 11 is 3.42. The Bertz CT molecular complexity index is 926. The third-order valence-electron chi connectivity index (χ3n) is 4.40. The third kappa shape index (κ3) is 4.36. The summed E-state index contributed by atoms with van der Waals surface area (Å²) in [6.45, 7) is 1.95. The number of nitrogens with zero attached hydrogens (tertiary/aromatic N) is 1. The number of hydrogen-bond acceptors (Lipinski definition) is 4. The molecule has 140 valence electrons. The molecular weight excluding hydrogens is 412 g/mol. The number of carbonyl (C=O) groups is 3. The Morgan fingerprint density at radius 3 is 2.70 bits per heavy atom. The second-order valence-corrected chi connectivity index (χ2v) is 7.21. The zero-order valence-corrected chi connectivity index (χ0v) is 16.6. The van der Waals surface area contributed by atoms with Crippen LogP contribution in [0.3, 0.4) is 0 Å². The summed E-state index contributed by atoms with van der Waals surface area (Å²) in [7, 11) is 1.64. The zero-order chi connectivity index (χ0) is 19.6. The van der Waals surface area contributed by atoms with Gasteiger partial charge in [-0.1, -0.05) is 22.0 Å². The Morgan fingerprint density at radius 1 is 1.19 bits per heavy atom. The molecule has 0 saturated heterocycles. The summed E-state index contributed by atoms with van der Waals surface area (Å²) in [5.41, 5.74) is 2.76. The van der Waals surface area contributed by atoms with Crippen LogP contribution in [-0.2, 0) is 9.59 Å². The van der Waals surface area contributed by atoms with Crippen molar-refractivity contribution in [3.05, 3.63) is 52.0 Å². The normalized spacial score (nSPS) is 13.0.